The predicted molar refractivity (Wildman–Crippen MR) is 130 cm³/mol. The molecule has 0 spiro atoms. The van der Waals surface area contributed by atoms with E-state index in [2.05, 4.69) is 15.0 Å². The standard InChI is InChI=1S/C23H18Cl2F2N4O3S/c1-34-29-23(30-35(32,33)17-11-9-16(25)10-12-17)31-13-18(21-19(26)3-2-4-20(21)27)22(28-31)14-5-7-15(24)8-6-14/h2-12,18H,13H2,1H3,(H,29,30). The van der Waals surface area contributed by atoms with Crippen LogP contribution in [0.3, 0.4) is 0 Å². The number of guanidine groups is 1. The van der Waals surface area contributed by atoms with Gasteiger partial charge in [-0.2, -0.15) is 13.5 Å². The van der Waals surface area contributed by atoms with Crippen molar-refractivity contribution in [2.45, 2.75) is 10.8 Å². The quantitative estimate of drug-likeness (QED) is 0.281. The van der Waals surface area contributed by atoms with Crippen LogP contribution in [-0.4, -0.2) is 38.8 Å². The Morgan fingerprint density at radius 3 is 2.17 bits per heavy atom. The lowest BCUT2D eigenvalue weighted by Gasteiger charge is -2.19. The summed E-state index contributed by atoms with van der Waals surface area (Å²) in [6.45, 7) is -0.124. The first kappa shape index (κ1) is 25.1. The van der Waals surface area contributed by atoms with Crippen LogP contribution < -0.4 is 5.48 Å². The van der Waals surface area contributed by atoms with Gasteiger partial charge < -0.3 is 0 Å². The minimum Gasteiger partial charge on any atom is -0.277 e. The summed E-state index contributed by atoms with van der Waals surface area (Å²) in [6, 6.07) is 15.5. The van der Waals surface area contributed by atoms with Gasteiger partial charge in [0.15, 0.2) is 0 Å². The van der Waals surface area contributed by atoms with Crippen LogP contribution in [0.15, 0.2) is 81.1 Å². The number of hydrazone groups is 1. The van der Waals surface area contributed by atoms with Crippen LogP contribution in [0.4, 0.5) is 8.78 Å². The van der Waals surface area contributed by atoms with E-state index in [0.717, 1.165) is 12.1 Å². The summed E-state index contributed by atoms with van der Waals surface area (Å²) in [5, 5.41) is 6.46. The molecule has 12 heteroatoms. The lowest BCUT2D eigenvalue weighted by molar-refractivity contribution is 0.132. The largest absolute Gasteiger partial charge is 0.285 e. The van der Waals surface area contributed by atoms with Crippen LogP contribution in [0.5, 0.6) is 0 Å². The summed E-state index contributed by atoms with van der Waals surface area (Å²) in [6.07, 6.45) is 0. The molecule has 1 aliphatic rings. The van der Waals surface area contributed by atoms with Crippen LogP contribution in [0.25, 0.3) is 0 Å². The smallest absolute Gasteiger partial charge is 0.277 e. The Bertz CT molecular complexity index is 1380. The SMILES string of the molecule is CONC(=NS(=O)(=O)c1ccc(Cl)cc1)N1CC(c2c(F)cccc2F)C(c2ccc(Cl)cc2)=N1. The zero-order valence-corrected chi connectivity index (χ0v) is 20.5. The highest BCUT2D eigenvalue weighted by molar-refractivity contribution is 7.90. The maximum absolute atomic E-state index is 14.7. The number of nitrogens with one attached hydrogen (secondary N) is 1. The molecule has 4 rings (SSSR count). The second kappa shape index (κ2) is 10.3. The normalized spacial score (nSPS) is 16.4. The molecule has 0 bridgehead atoms. The van der Waals surface area contributed by atoms with E-state index < -0.39 is 27.6 Å². The van der Waals surface area contributed by atoms with Gasteiger partial charge in [-0.3, -0.25) is 4.84 Å². The molecule has 1 heterocycles. The Morgan fingerprint density at radius 1 is 1.03 bits per heavy atom. The zero-order valence-electron chi connectivity index (χ0n) is 18.1. The van der Waals surface area contributed by atoms with E-state index in [4.69, 9.17) is 28.0 Å². The average Bonchev–Trinajstić information content (AvgIpc) is 3.24. The Kier molecular flexibility index (Phi) is 7.36. The number of benzene rings is 3. The fraction of sp³-hybridized carbons (Fsp3) is 0.130. The van der Waals surface area contributed by atoms with Crippen molar-refractivity contribution in [1.29, 1.82) is 0 Å². The average molecular weight is 539 g/mol. The summed E-state index contributed by atoms with van der Waals surface area (Å²) in [5.41, 5.74) is 3.03. The Labute approximate surface area is 210 Å². The number of halogens is 4. The minimum absolute atomic E-state index is 0.116. The zero-order chi connectivity index (χ0) is 25.2. The molecule has 182 valence electrons. The van der Waals surface area contributed by atoms with Crippen LogP contribution in [0.2, 0.25) is 10.0 Å². The van der Waals surface area contributed by atoms with Gasteiger partial charge in [0.25, 0.3) is 16.0 Å². The van der Waals surface area contributed by atoms with E-state index in [1.807, 2.05) is 0 Å². The van der Waals surface area contributed by atoms with Crippen molar-refractivity contribution >= 4 is 44.9 Å². The minimum atomic E-state index is -4.21. The molecule has 1 aliphatic heterocycles. The monoisotopic (exact) mass is 538 g/mol. The van der Waals surface area contributed by atoms with Crippen molar-refractivity contribution < 1.29 is 22.0 Å². The third-order valence-electron chi connectivity index (χ3n) is 5.16. The summed E-state index contributed by atoms with van der Waals surface area (Å²) in [4.78, 5) is 4.80. The molecule has 1 N–H and O–H groups in total. The lowest BCUT2D eigenvalue weighted by atomic mass is 9.90. The molecule has 0 saturated heterocycles. The fourth-order valence-electron chi connectivity index (χ4n) is 3.57. The molecule has 0 saturated carbocycles. The molecule has 7 nitrogen and oxygen atoms in total. The maximum atomic E-state index is 14.7. The van der Waals surface area contributed by atoms with Gasteiger partial charge in [-0.1, -0.05) is 41.4 Å². The van der Waals surface area contributed by atoms with Gasteiger partial charge in [-0.05, 0) is 54.1 Å². The number of hydrogen-bond acceptors (Lipinski definition) is 4. The number of sulfonamides is 1. The Balaban J connectivity index is 1.80. The topological polar surface area (TPSA) is 83.4 Å². The molecule has 1 atom stereocenters. The number of hydrogen-bond donors (Lipinski definition) is 1. The van der Waals surface area contributed by atoms with Gasteiger partial charge in [0.05, 0.1) is 30.2 Å². The number of rotatable bonds is 5. The Morgan fingerprint density at radius 2 is 1.60 bits per heavy atom. The second-order valence-corrected chi connectivity index (χ2v) is 9.89. The molecule has 3 aromatic rings. The predicted octanol–water partition coefficient (Wildman–Crippen LogP) is 4.97. The van der Waals surface area contributed by atoms with Crippen molar-refractivity contribution in [1.82, 2.24) is 10.5 Å². The van der Waals surface area contributed by atoms with Crippen LogP contribution in [-0.2, 0) is 14.9 Å². The van der Waals surface area contributed by atoms with E-state index in [9.17, 15) is 17.2 Å². The van der Waals surface area contributed by atoms with E-state index in [-0.39, 0.29) is 23.0 Å². The molecule has 0 aliphatic carbocycles. The molecule has 1 unspecified atom stereocenters. The third kappa shape index (κ3) is 5.46. The maximum Gasteiger partial charge on any atom is 0.285 e. The van der Waals surface area contributed by atoms with E-state index in [1.165, 1.54) is 42.5 Å². The highest BCUT2D eigenvalue weighted by Crippen LogP contribution is 2.33. The van der Waals surface area contributed by atoms with E-state index >= 15 is 0 Å². The second-order valence-electron chi connectivity index (χ2n) is 7.41. The van der Waals surface area contributed by atoms with Crippen LogP contribution in [0, 0.1) is 11.6 Å². The van der Waals surface area contributed by atoms with Crippen molar-refractivity contribution in [3.63, 3.8) is 0 Å². The lowest BCUT2D eigenvalue weighted by Crippen LogP contribution is -2.38. The Hall–Kier alpha value is -3.05. The van der Waals surface area contributed by atoms with Crippen molar-refractivity contribution in [3.05, 3.63) is 99.5 Å². The highest BCUT2D eigenvalue weighted by atomic mass is 35.5. The molecule has 0 radical (unpaired) electrons. The first-order chi connectivity index (χ1) is 16.7. The van der Waals surface area contributed by atoms with Crippen molar-refractivity contribution in [2.24, 2.45) is 9.50 Å². The van der Waals surface area contributed by atoms with E-state index in [0.29, 0.717) is 21.3 Å². The van der Waals surface area contributed by atoms with Crippen LogP contribution in [0.1, 0.15) is 17.0 Å². The molecular formula is C23H18Cl2F2N4O3S. The summed E-state index contributed by atoms with van der Waals surface area (Å²) in [7, 11) is -2.95. The van der Waals surface area contributed by atoms with Crippen LogP contribution >= 0.6 is 23.2 Å². The molecule has 35 heavy (non-hydrogen) atoms. The highest BCUT2D eigenvalue weighted by Gasteiger charge is 2.36. The molecule has 0 aromatic heterocycles. The summed E-state index contributed by atoms with van der Waals surface area (Å²) in [5.74, 6) is -2.70. The number of nitrogens with zero attached hydrogens (tertiary/aromatic N) is 3. The molecule has 0 amide bonds. The fourth-order valence-corrected chi connectivity index (χ4v) is 4.76. The van der Waals surface area contributed by atoms with E-state index in [1.54, 1.807) is 24.3 Å². The first-order valence-electron chi connectivity index (χ1n) is 10.1. The summed E-state index contributed by atoms with van der Waals surface area (Å²) >= 11 is 11.8. The van der Waals surface area contributed by atoms with Gasteiger partial charge in [0.2, 0.25) is 0 Å². The van der Waals surface area contributed by atoms with Crippen molar-refractivity contribution in [2.75, 3.05) is 13.7 Å². The van der Waals surface area contributed by atoms with Crippen molar-refractivity contribution in [3.8, 4) is 0 Å². The molecule has 3 aromatic carbocycles. The van der Waals surface area contributed by atoms with Gasteiger partial charge in [-0.25, -0.2) is 19.3 Å². The van der Waals surface area contributed by atoms with Gasteiger partial charge in [0, 0.05) is 15.6 Å². The number of hydroxylamine groups is 1. The molecule has 0 fully saturated rings. The van der Waals surface area contributed by atoms with Gasteiger partial charge >= 0.3 is 0 Å². The first-order valence-corrected chi connectivity index (χ1v) is 12.3. The molecular weight excluding hydrogens is 521 g/mol. The van der Waals surface area contributed by atoms with Gasteiger partial charge in [-0.15, -0.1) is 4.40 Å². The third-order valence-corrected chi connectivity index (χ3v) is 6.94. The van der Waals surface area contributed by atoms with Gasteiger partial charge in [0.1, 0.15) is 11.6 Å². The summed E-state index contributed by atoms with van der Waals surface area (Å²) < 4.78 is 59.1.